The van der Waals surface area contributed by atoms with Crippen molar-refractivity contribution in [3.8, 4) is 0 Å². The minimum atomic E-state index is -0.701. The highest BCUT2D eigenvalue weighted by Gasteiger charge is 2.16. The Labute approximate surface area is 111 Å². The normalized spacial score (nSPS) is 10.5. The molecule has 3 amide bonds. The van der Waals surface area contributed by atoms with E-state index in [-0.39, 0.29) is 26.2 Å². The lowest BCUT2D eigenvalue weighted by molar-refractivity contribution is -0.125. The summed E-state index contributed by atoms with van der Waals surface area (Å²) in [4.78, 5) is 33.6. The van der Waals surface area contributed by atoms with Gasteiger partial charge >= 0.3 is 6.09 Å². The molecule has 8 nitrogen and oxygen atoms in total. The molecule has 0 atom stereocenters. The summed E-state index contributed by atoms with van der Waals surface area (Å²) >= 11 is 0. The van der Waals surface area contributed by atoms with Gasteiger partial charge in [-0.3, -0.25) is 9.59 Å². The van der Waals surface area contributed by atoms with Crippen LogP contribution >= 0.6 is 0 Å². The Morgan fingerprint density at radius 2 is 1.53 bits per heavy atom. The summed E-state index contributed by atoms with van der Waals surface area (Å²) in [7, 11) is 0. The smallest absolute Gasteiger partial charge is 0.408 e. The minimum absolute atomic E-state index is 0.130. The first-order chi connectivity index (χ1) is 8.74. The van der Waals surface area contributed by atoms with Crippen molar-refractivity contribution in [3.63, 3.8) is 0 Å². The summed E-state index contributed by atoms with van der Waals surface area (Å²) in [6.45, 7) is 4.59. The SMILES string of the molecule is CC(C)(C)OC(=O)NCC(=O)NCC(=O)NCCO. The van der Waals surface area contributed by atoms with Crippen LogP contribution in [-0.2, 0) is 14.3 Å². The van der Waals surface area contributed by atoms with Crippen molar-refractivity contribution in [1.82, 2.24) is 16.0 Å². The second-order valence-corrected chi connectivity index (χ2v) is 4.71. The van der Waals surface area contributed by atoms with Crippen molar-refractivity contribution >= 4 is 17.9 Å². The summed E-state index contributed by atoms with van der Waals surface area (Å²) in [6.07, 6.45) is -0.701. The third-order valence-electron chi connectivity index (χ3n) is 1.67. The number of ether oxygens (including phenoxy) is 1. The molecule has 0 aliphatic heterocycles. The molecule has 0 aromatic rings. The molecular formula is C11H21N3O5. The number of hydrogen-bond acceptors (Lipinski definition) is 5. The van der Waals surface area contributed by atoms with Crippen LogP contribution in [0.15, 0.2) is 0 Å². The van der Waals surface area contributed by atoms with E-state index >= 15 is 0 Å². The topological polar surface area (TPSA) is 117 Å². The maximum atomic E-state index is 11.3. The van der Waals surface area contributed by atoms with E-state index in [1.165, 1.54) is 0 Å². The lowest BCUT2D eigenvalue weighted by atomic mass is 10.2. The Morgan fingerprint density at radius 3 is 2.05 bits per heavy atom. The zero-order valence-electron chi connectivity index (χ0n) is 11.4. The van der Waals surface area contributed by atoms with Crippen molar-refractivity contribution in [2.75, 3.05) is 26.2 Å². The average molecular weight is 275 g/mol. The lowest BCUT2D eigenvalue weighted by Gasteiger charge is -2.19. The van der Waals surface area contributed by atoms with Crippen molar-refractivity contribution in [2.24, 2.45) is 0 Å². The fourth-order valence-corrected chi connectivity index (χ4v) is 0.966. The number of hydrogen-bond donors (Lipinski definition) is 4. The van der Waals surface area contributed by atoms with E-state index < -0.39 is 23.5 Å². The molecule has 0 saturated carbocycles. The van der Waals surface area contributed by atoms with Gasteiger partial charge in [-0.05, 0) is 20.8 Å². The molecule has 0 aromatic heterocycles. The highest BCUT2D eigenvalue weighted by atomic mass is 16.6. The van der Waals surface area contributed by atoms with Crippen LogP contribution in [0.5, 0.6) is 0 Å². The second kappa shape index (κ2) is 8.30. The molecule has 0 bridgehead atoms. The molecule has 0 saturated heterocycles. The van der Waals surface area contributed by atoms with Crippen molar-refractivity contribution < 1.29 is 24.2 Å². The third-order valence-corrected chi connectivity index (χ3v) is 1.67. The van der Waals surface area contributed by atoms with E-state index in [4.69, 9.17) is 9.84 Å². The molecule has 19 heavy (non-hydrogen) atoms. The van der Waals surface area contributed by atoms with E-state index in [1.54, 1.807) is 20.8 Å². The predicted molar refractivity (Wildman–Crippen MR) is 67.3 cm³/mol. The maximum absolute atomic E-state index is 11.3. The second-order valence-electron chi connectivity index (χ2n) is 4.71. The van der Waals surface area contributed by atoms with Crippen LogP contribution in [0, 0.1) is 0 Å². The molecule has 0 aliphatic rings. The zero-order valence-corrected chi connectivity index (χ0v) is 11.4. The molecule has 110 valence electrons. The number of aliphatic hydroxyl groups is 1. The molecular weight excluding hydrogens is 254 g/mol. The number of aliphatic hydroxyl groups excluding tert-OH is 1. The largest absolute Gasteiger partial charge is 0.444 e. The quantitative estimate of drug-likeness (QED) is 0.482. The van der Waals surface area contributed by atoms with Gasteiger partial charge < -0.3 is 25.8 Å². The van der Waals surface area contributed by atoms with Gasteiger partial charge in [0.2, 0.25) is 11.8 Å². The third kappa shape index (κ3) is 11.0. The molecule has 0 aromatic carbocycles. The molecule has 0 rings (SSSR count). The average Bonchev–Trinajstić information content (AvgIpc) is 2.29. The first-order valence-corrected chi connectivity index (χ1v) is 5.85. The Morgan fingerprint density at radius 1 is 1.00 bits per heavy atom. The van der Waals surface area contributed by atoms with Gasteiger partial charge in [0.15, 0.2) is 0 Å². The number of nitrogens with one attached hydrogen (secondary N) is 3. The zero-order chi connectivity index (χ0) is 14.9. The van der Waals surface area contributed by atoms with Crippen molar-refractivity contribution in [1.29, 1.82) is 0 Å². The standard InChI is InChI=1S/C11H21N3O5/c1-11(2,3)19-10(18)14-7-9(17)13-6-8(16)12-4-5-15/h15H,4-7H2,1-3H3,(H,12,16)(H,13,17)(H,14,18). The van der Waals surface area contributed by atoms with Crippen LogP contribution in [0.1, 0.15) is 20.8 Å². The summed E-state index contributed by atoms with van der Waals surface area (Å²) in [5.41, 5.74) is -0.634. The van der Waals surface area contributed by atoms with E-state index in [0.29, 0.717) is 0 Å². The summed E-state index contributed by atoms with van der Waals surface area (Å²) in [5.74, 6) is -0.926. The van der Waals surface area contributed by atoms with Gasteiger partial charge in [0.1, 0.15) is 12.1 Å². The molecule has 0 unspecified atom stereocenters. The summed E-state index contributed by atoms with van der Waals surface area (Å²) in [5, 5.41) is 15.4. The number of rotatable bonds is 6. The van der Waals surface area contributed by atoms with E-state index in [1.807, 2.05) is 0 Å². The Bertz CT molecular complexity index is 325. The van der Waals surface area contributed by atoms with Crippen LogP contribution < -0.4 is 16.0 Å². The molecule has 0 heterocycles. The van der Waals surface area contributed by atoms with Crippen LogP contribution in [0.25, 0.3) is 0 Å². The number of alkyl carbamates (subject to hydrolysis) is 1. The van der Waals surface area contributed by atoms with Gasteiger partial charge in [-0.2, -0.15) is 0 Å². The van der Waals surface area contributed by atoms with Crippen LogP contribution in [-0.4, -0.2) is 54.9 Å². The monoisotopic (exact) mass is 275 g/mol. The highest BCUT2D eigenvalue weighted by Crippen LogP contribution is 2.05. The van der Waals surface area contributed by atoms with Gasteiger partial charge in [-0.1, -0.05) is 0 Å². The fourth-order valence-electron chi connectivity index (χ4n) is 0.966. The Hall–Kier alpha value is -1.83. The number of carbonyl (C=O) groups excluding carboxylic acids is 3. The van der Waals surface area contributed by atoms with Gasteiger partial charge in [-0.15, -0.1) is 0 Å². The first kappa shape index (κ1) is 17.2. The van der Waals surface area contributed by atoms with Gasteiger partial charge in [0.25, 0.3) is 0 Å². The van der Waals surface area contributed by atoms with Crippen LogP contribution in [0.2, 0.25) is 0 Å². The Balaban J connectivity index is 3.76. The van der Waals surface area contributed by atoms with Gasteiger partial charge in [-0.25, -0.2) is 4.79 Å². The molecule has 0 spiro atoms. The fraction of sp³-hybridized carbons (Fsp3) is 0.727. The molecule has 0 aliphatic carbocycles. The Kier molecular flexibility index (Phi) is 7.50. The van der Waals surface area contributed by atoms with Gasteiger partial charge in [0, 0.05) is 6.54 Å². The molecule has 8 heteroatoms. The van der Waals surface area contributed by atoms with E-state index in [9.17, 15) is 14.4 Å². The first-order valence-electron chi connectivity index (χ1n) is 5.85. The van der Waals surface area contributed by atoms with Crippen molar-refractivity contribution in [2.45, 2.75) is 26.4 Å². The highest BCUT2D eigenvalue weighted by molar-refractivity contribution is 5.87. The minimum Gasteiger partial charge on any atom is -0.444 e. The van der Waals surface area contributed by atoms with E-state index in [2.05, 4.69) is 16.0 Å². The molecule has 4 N–H and O–H groups in total. The predicted octanol–water partition coefficient (Wildman–Crippen LogP) is -1.26. The van der Waals surface area contributed by atoms with E-state index in [0.717, 1.165) is 0 Å². The summed E-state index contributed by atoms with van der Waals surface area (Å²) < 4.78 is 4.93. The lowest BCUT2D eigenvalue weighted by Crippen LogP contribution is -2.43. The molecule has 0 fully saturated rings. The maximum Gasteiger partial charge on any atom is 0.408 e. The van der Waals surface area contributed by atoms with Crippen molar-refractivity contribution in [3.05, 3.63) is 0 Å². The summed E-state index contributed by atoms with van der Waals surface area (Å²) in [6, 6.07) is 0. The number of carbonyl (C=O) groups is 3. The van der Waals surface area contributed by atoms with Crippen LogP contribution in [0.4, 0.5) is 4.79 Å². The van der Waals surface area contributed by atoms with Gasteiger partial charge in [0.05, 0.1) is 13.2 Å². The van der Waals surface area contributed by atoms with Crippen LogP contribution in [0.3, 0.4) is 0 Å². The number of amides is 3. The molecule has 0 radical (unpaired) electrons.